The first-order valence-electron chi connectivity index (χ1n) is 6.22. The number of ketones is 1. The second-order valence-corrected chi connectivity index (χ2v) is 3.68. The highest BCUT2D eigenvalue weighted by Gasteiger charge is 2.06. The smallest absolute Gasteiger partial charge is 0.306 e. The predicted molar refractivity (Wildman–Crippen MR) is 67.8 cm³/mol. The number of carbonyl (C=O) groups is 2. The second-order valence-electron chi connectivity index (χ2n) is 3.68. The number of hydrogen-bond acceptors (Lipinski definition) is 7. The molecule has 0 rings (SSSR count). The van der Waals surface area contributed by atoms with Crippen molar-refractivity contribution in [3.05, 3.63) is 0 Å². The maximum Gasteiger partial charge on any atom is 0.306 e. The molecule has 0 fully saturated rings. The highest BCUT2D eigenvalue weighted by molar-refractivity contribution is 5.84. The van der Waals surface area contributed by atoms with Gasteiger partial charge in [0.1, 0.15) is 12.4 Å². The van der Waals surface area contributed by atoms with E-state index in [0.29, 0.717) is 33.0 Å². The van der Waals surface area contributed by atoms with E-state index in [1.807, 2.05) is 0 Å². The van der Waals surface area contributed by atoms with Gasteiger partial charge in [-0.05, 0) is 0 Å². The Labute approximate surface area is 113 Å². The van der Waals surface area contributed by atoms with Crippen LogP contribution in [0.3, 0.4) is 0 Å². The number of methoxy groups -OCH3 is 1. The van der Waals surface area contributed by atoms with Crippen molar-refractivity contribution in [3.63, 3.8) is 0 Å². The van der Waals surface area contributed by atoms with E-state index in [0.717, 1.165) is 0 Å². The highest BCUT2D eigenvalue weighted by atomic mass is 16.6. The van der Waals surface area contributed by atoms with Crippen LogP contribution in [-0.2, 0) is 28.5 Å². The Balaban J connectivity index is 3.21. The lowest BCUT2D eigenvalue weighted by molar-refractivity contribution is -0.146. The summed E-state index contributed by atoms with van der Waals surface area (Å²) in [5.74, 6) is -0.567. The van der Waals surface area contributed by atoms with Gasteiger partial charge in [-0.3, -0.25) is 9.59 Å². The van der Waals surface area contributed by atoms with Crippen LogP contribution >= 0.6 is 0 Å². The highest BCUT2D eigenvalue weighted by Crippen LogP contribution is 1.93. The Bertz CT molecular complexity index is 246. The molecule has 7 nitrogen and oxygen atoms in total. The van der Waals surface area contributed by atoms with Crippen LogP contribution in [0, 0.1) is 0 Å². The average molecular weight is 277 g/mol. The van der Waals surface area contributed by atoms with E-state index in [1.54, 1.807) is 7.11 Å². The van der Waals surface area contributed by atoms with Gasteiger partial charge >= 0.3 is 5.97 Å². The van der Waals surface area contributed by atoms with Gasteiger partial charge < -0.3 is 24.7 Å². The Hall–Kier alpha value is -1.02. The monoisotopic (exact) mass is 277 g/mol. The van der Waals surface area contributed by atoms with Crippen LogP contribution in [0.5, 0.6) is 0 Å². The zero-order valence-corrected chi connectivity index (χ0v) is 11.4. The van der Waals surface area contributed by atoms with Crippen LogP contribution in [0.2, 0.25) is 0 Å². The van der Waals surface area contributed by atoms with Gasteiger partial charge in [0.05, 0.1) is 46.0 Å². The average Bonchev–Trinajstić information content (AvgIpc) is 2.42. The molecule has 0 saturated heterocycles. The molecule has 0 aromatic heterocycles. The van der Waals surface area contributed by atoms with E-state index in [4.69, 9.17) is 24.7 Å². The molecule has 112 valence electrons. The van der Waals surface area contributed by atoms with Gasteiger partial charge in [0, 0.05) is 13.5 Å². The standard InChI is InChI=1S/C12H23NO6/c1-16-4-5-17-6-7-18-8-9-19-12(15)3-2-11(14)10-13/h2-10,13H2,1H3. The first kappa shape index (κ1) is 18.0. The fraction of sp³-hybridized carbons (Fsp3) is 0.833. The maximum absolute atomic E-state index is 11.2. The largest absolute Gasteiger partial charge is 0.463 e. The van der Waals surface area contributed by atoms with E-state index >= 15 is 0 Å². The molecule has 0 saturated carbocycles. The van der Waals surface area contributed by atoms with Gasteiger partial charge in [0.2, 0.25) is 0 Å². The van der Waals surface area contributed by atoms with Crippen LogP contribution in [0.4, 0.5) is 0 Å². The van der Waals surface area contributed by atoms with Crippen molar-refractivity contribution in [2.45, 2.75) is 12.8 Å². The number of ether oxygens (including phenoxy) is 4. The third-order valence-corrected chi connectivity index (χ3v) is 2.13. The third-order valence-electron chi connectivity index (χ3n) is 2.13. The van der Waals surface area contributed by atoms with E-state index in [1.165, 1.54) is 0 Å². The van der Waals surface area contributed by atoms with Crippen molar-refractivity contribution >= 4 is 11.8 Å². The number of rotatable bonds is 13. The summed E-state index contributed by atoms with van der Waals surface area (Å²) in [7, 11) is 1.61. The van der Waals surface area contributed by atoms with Gasteiger partial charge in [-0.1, -0.05) is 0 Å². The summed E-state index contributed by atoms with van der Waals surface area (Å²) in [4.78, 5) is 22.0. The minimum atomic E-state index is -0.415. The molecule has 0 amide bonds. The van der Waals surface area contributed by atoms with E-state index in [2.05, 4.69) is 0 Å². The molecule has 0 heterocycles. The van der Waals surface area contributed by atoms with Crippen molar-refractivity contribution in [2.75, 3.05) is 53.3 Å². The van der Waals surface area contributed by atoms with Gasteiger partial charge in [0.15, 0.2) is 0 Å². The molecular weight excluding hydrogens is 254 g/mol. The lowest BCUT2D eigenvalue weighted by atomic mass is 10.2. The van der Waals surface area contributed by atoms with Crippen molar-refractivity contribution in [1.29, 1.82) is 0 Å². The van der Waals surface area contributed by atoms with Crippen LogP contribution < -0.4 is 5.73 Å². The van der Waals surface area contributed by atoms with Crippen LogP contribution in [0.25, 0.3) is 0 Å². The predicted octanol–water partition coefficient (Wildman–Crippen LogP) is -0.483. The van der Waals surface area contributed by atoms with Crippen molar-refractivity contribution < 1.29 is 28.5 Å². The third kappa shape index (κ3) is 13.2. The van der Waals surface area contributed by atoms with E-state index in [-0.39, 0.29) is 31.8 Å². The number of hydrogen-bond donors (Lipinski definition) is 1. The van der Waals surface area contributed by atoms with Crippen molar-refractivity contribution in [3.8, 4) is 0 Å². The van der Waals surface area contributed by atoms with Gasteiger partial charge in [-0.15, -0.1) is 0 Å². The minimum Gasteiger partial charge on any atom is -0.463 e. The Morgan fingerprint density at radius 1 is 0.895 bits per heavy atom. The first-order chi connectivity index (χ1) is 9.20. The molecule has 0 aromatic rings. The number of Topliss-reactive ketones (excluding diaryl/α,β-unsaturated/α-hetero) is 1. The number of carbonyl (C=O) groups excluding carboxylic acids is 2. The Morgan fingerprint density at radius 2 is 1.47 bits per heavy atom. The summed E-state index contributed by atoms with van der Waals surface area (Å²) in [6.07, 6.45) is 0.194. The molecular formula is C12H23NO6. The van der Waals surface area contributed by atoms with Gasteiger partial charge in [-0.25, -0.2) is 0 Å². The van der Waals surface area contributed by atoms with Crippen LogP contribution in [-0.4, -0.2) is 65.0 Å². The molecule has 2 N–H and O–H groups in total. The lowest BCUT2D eigenvalue weighted by Gasteiger charge is -2.06. The Kier molecular flexibility index (Phi) is 12.7. The van der Waals surface area contributed by atoms with Gasteiger partial charge in [0.25, 0.3) is 0 Å². The molecule has 0 aliphatic heterocycles. The fourth-order valence-corrected chi connectivity index (χ4v) is 1.09. The molecule has 0 aromatic carbocycles. The van der Waals surface area contributed by atoms with Gasteiger partial charge in [-0.2, -0.15) is 0 Å². The summed E-state index contributed by atoms with van der Waals surface area (Å²) in [5, 5.41) is 0. The summed E-state index contributed by atoms with van der Waals surface area (Å²) >= 11 is 0. The normalized spacial score (nSPS) is 10.4. The zero-order chi connectivity index (χ0) is 14.3. The molecule has 19 heavy (non-hydrogen) atoms. The first-order valence-corrected chi connectivity index (χ1v) is 6.22. The Morgan fingerprint density at radius 3 is 2.05 bits per heavy atom. The van der Waals surface area contributed by atoms with Crippen LogP contribution in [0.1, 0.15) is 12.8 Å². The molecule has 0 aliphatic rings. The van der Waals surface area contributed by atoms with Crippen molar-refractivity contribution in [1.82, 2.24) is 0 Å². The molecule has 0 radical (unpaired) electrons. The quantitative estimate of drug-likeness (QED) is 0.358. The van der Waals surface area contributed by atoms with Crippen LogP contribution in [0.15, 0.2) is 0 Å². The second kappa shape index (κ2) is 13.4. The van der Waals surface area contributed by atoms with E-state index in [9.17, 15) is 9.59 Å². The summed E-state index contributed by atoms with van der Waals surface area (Å²) in [6.45, 7) is 2.44. The minimum absolute atomic E-state index is 0.0422. The number of esters is 1. The topological polar surface area (TPSA) is 97.1 Å². The molecule has 0 atom stereocenters. The van der Waals surface area contributed by atoms with E-state index < -0.39 is 5.97 Å². The summed E-state index contributed by atoms with van der Waals surface area (Å²) in [5.41, 5.74) is 5.12. The molecule has 0 spiro atoms. The molecule has 0 bridgehead atoms. The summed E-state index contributed by atoms with van der Waals surface area (Å²) < 4.78 is 20.0. The molecule has 0 aliphatic carbocycles. The molecule has 7 heteroatoms. The zero-order valence-electron chi connectivity index (χ0n) is 11.4. The molecule has 0 unspecified atom stereocenters. The fourth-order valence-electron chi connectivity index (χ4n) is 1.09. The lowest BCUT2D eigenvalue weighted by Crippen LogP contribution is -2.17. The SMILES string of the molecule is COCCOCCOCCOC(=O)CCC(=O)CN. The van der Waals surface area contributed by atoms with Crippen molar-refractivity contribution in [2.24, 2.45) is 5.73 Å². The maximum atomic E-state index is 11.2. The number of nitrogens with two attached hydrogens (primary N) is 1. The summed E-state index contributed by atoms with van der Waals surface area (Å²) in [6, 6.07) is 0.